The van der Waals surface area contributed by atoms with E-state index in [9.17, 15) is 4.79 Å². The lowest BCUT2D eigenvalue weighted by atomic mass is 10.1. The van der Waals surface area contributed by atoms with Gasteiger partial charge in [-0.1, -0.05) is 30.3 Å². The molecule has 6 nitrogen and oxygen atoms in total. The average molecular weight is 338 g/mol. The van der Waals surface area contributed by atoms with E-state index in [4.69, 9.17) is 9.15 Å². The van der Waals surface area contributed by atoms with Crippen molar-refractivity contribution in [2.24, 2.45) is 0 Å². The molecule has 0 bridgehead atoms. The van der Waals surface area contributed by atoms with Gasteiger partial charge in [0.2, 0.25) is 5.91 Å². The van der Waals surface area contributed by atoms with E-state index in [1.54, 1.807) is 0 Å². The number of hydrogen-bond donors (Lipinski definition) is 2. The number of benzene rings is 1. The molecule has 2 heterocycles. The maximum absolute atomic E-state index is 12.2. The van der Waals surface area contributed by atoms with Gasteiger partial charge in [0.05, 0.1) is 19.3 Å². The molecule has 7 heteroatoms. The van der Waals surface area contributed by atoms with Gasteiger partial charge in [0.1, 0.15) is 11.7 Å². The van der Waals surface area contributed by atoms with Gasteiger partial charge in [-0.05, 0) is 6.92 Å². The monoisotopic (exact) mass is 337 g/mol. The first-order valence-electron chi connectivity index (χ1n) is 7.36. The summed E-state index contributed by atoms with van der Waals surface area (Å²) in [5.74, 6) is 0.594. The summed E-state index contributed by atoms with van der Waals surface area (Å²) < 4.78 is 10.9. The first-order valence-corrected chi connectivity index (χ1v) is 7.36. The zero-order valence-corrected chi connectivity index (χ0v) is 13.6. The molecule has 1 aromatic heterocycles. The summed E-state index contributed by atoms with van der Waals surface area (Å²) in [5.41, 5.74) is 1.65. The Balaban J connectivity index is 0.00000192. The van der Waals surface area contributed by atoms with Crippen molar-refractivity contribution in [3.63, 3.8) is 0 Å². The number of aromatic nitrogens is 1. The second-order valence-corrected chi connectivity index (χ2v) is 5.22. The van der Waals surface area contributed by atoms with Crippen LogP contribution >= 0.6 is 12.4 Å². The Morgan fingerprint density at radius 2 is 2.17 bits per heavy atom. The van der Waals surface area contributed by atoms with E-state index in [0.717, 1.165) is 5.56 Å². The second kappa shape index (κ2) is 8.10. The van der Waals surface area contributed by atoms with E-state index in [2.05, 4.69) is 15.6 Å². The van der Waals surface area contributed by atoms with Gasteiger partial charge in [-0.2, -0.15) is 0 Å². The zero-order chi connectivity index (χ0) is 15.4. The van der Waals surface area contributed by atoms with Gasteiger partial charge in [0.25, 0.3) is 0 Å². The van der Waals surface area contributed by atoms with Crippen molar-refractivity contribution >= 4 is 18.3 Å². The zero-order valence-electron chi connectivity index (χ0n) is 12.8. The molecule has 0 aliphatic carbocycles. The molecule has 23 heavy (non-hydrogen) atoms. The molecule has 1 saturated heterocycles. The summed E-state index contributed by atoms with van der Waals surface area (Å²) in [6.07, 6.45) is 1.26. The van der Waals surface area contributed by atoms with Crippen LogP contribution < -0.4 is 10.6 Å². The van der Waals surface area contributed by atoms with E-state index >= 15 is 0 Å². The van der Waals surface area contributed by atoms with Crippen LogP contribution in [0.4, 0.5) is 0 Å². The van der Waals surface area contributed by atoms with Crippen LogP contribution in [0.15, 0.2) is 41.1 Å². The Morgan fingerprint density at radius 1 is 1.39 bits per heavy atom. The molecule has 2 N–H and O–H groups in total. The van der Waals surface area contributed by atoms with E-state index < -0.39 is 0 Å². The fraction of sp³-hybridized carbons (Fsp3) is 0.375. The molecule has 1 fully saturated rings. The van der Waals surface area contributed by atoms with Gasteiger partial charge >= 0.3 is 0 Å². The van der Waals surface area contributed by atoms with Gasteiger partial charge in [-0.25, -0.2) is 4.98 Å². The molecule has 1 aliphatic rings. The number of carbonyl (C=O) groups is 1. The minimum atomic E-state index is -0.333. The van der Waals surface area contributed by atoms with Crippen molar-refractivity contribution in [3.05, 3.63) is 42.4 Å². The third-order valence-corrected chi connectivity index (χ3v) is 3.71. The molecule has 1 aromatic carbocycles. The highest BCUT2D eigenvalue weighted by atomic mass is 35.5. The second-order valence-electron chi connectivity index (χ2n) is 5.22. The number of ether oxygens (including phenoxy) is 1. The summed E-state index contributed by atoms with van der Waals surface area (Å²) in [7, 11) is 0. The van der Waals surface area contributed by atoms with Gasteiger partial charge in [0, 0.05) is 12.1 Å². The molecular weight excluding hydrogens is 318 g/mol. The maximum atomic E-state index is 12.2. The molecule has 0 unspecified atom stereocenters. The minimum Gasteiger partial charge on any atom is -0.443 e. The first kappa shape index (κ1) is 17.5. The molecule has 1 aliphatic heterocycles. The average Bonchev–Trinajstić information content (AvgIpc) is 3.02. The minimum absolute atomic E-state index is 0. The van der Waals surface area contributed by atoms with Crippen LogP contribution in [0, 0.1) is 0 Å². The van der Waals surface area contributed by atoms with Crippen LogP contribution in [0.5, 0.6) is 0 Å². The van der Waals surface area contributed by atoms with Crippen LogP contribution in [-0.4, -0.2) is 36.2 Å². The summed E-state index contributed by atoms with van der Waals surface area (Å²) >= 11 is 0. The Morgan fingerprint density at radius 3 is 2.91 bits per heavy atom. The molecule has 0 saturated carbocycles. The SMILES string of the molecule is C[C@H]1OCCN[C@@H]1C(=O)NCc1ncoc1-c1ccccc1.Cl. The summed E-state index contributed by atoms with van der Waals surface area (Å²) in [4.78, 5) is 16.4. The fourth-order valence-electron chi connectivity index (χ4n) is 2.53. The Kier molecular flexibility index (Phi) is 6.15. The smallest absolute Gasteiger partial charge is 0.240 e. The first-order chi connectivity index (χ1) is 10.8. The molecule has 1 amide bonds. The molecular formula is C16H20ClN3O3. The third-order valence-electron chi connectivity index (χ3n) is 3.71. The lowest BCUT2D eigenvalue weighted by Gasteiger charge is -2.29. The number of hydrogen-bond acceptors (Lipinski definition) is 5. The normalized spacial score (nSPS) is 20.6. The number of morpholine rings is 1. The van der Waals surface area contributed by atoms with Crippen LogP contribution in [0.1, 0.15) is 12.6 Å². The van der Waals surface area contributed by atoms with Gasteiger partial charge in [-0.3, -0.25) is 4.79 Å². The van der Waals surface area contributed by atoms with E-state index in [1.807, 2.05) is 37.3 Å². The van der Waals surface area contributed by atoms with Gasteiger partial charge in [0.15, 0.2) is 12.2 Å². The number of nitrogens with zero attached hydrogens (tertiary/aromatic N) is 1. The van der Waals surface area contributed by atoms with E-state index in [0.29, 0.717) is 31.2 Å². The topological polar surface area (TPSA) is 76.4 Å². The fourth-order valence-corrected chi connectivity index (χ4v) is 2.53. The summed E-state index contributed by atoms with van der Waals surface area (Å²) in [5, 5.41) is 6.06. The Labute approximate surface area is 141 Å². The predicted octanol–water partition coefficient (Wildman–Crippen LogP) is 1.76. The van der Waals surface area contributed by atoms with Crippen molar-refractivity contribution < 1.29 is 13.9 Å². The van der Waals surface area contributed by atoms with Crippen molar-refractivity contribution in [2.75, 3.05) is 13.2 Å². The summed E-state index contributed by atoms with van der Waals surface area (Å²) in [6.45, 7) is 3.53. The standard InChI is InChI=1S/C16H19N3O3.ClH/c1-11-14(17-7-8-21-11)16(20)18-9-13-15(22-10-19-13)12-5-3-2-4-6-12;/h2-6,10-11,14,17H,7-9H2,1H3,(H,18,20);1H/t11-,14+;/m1./s1. The molecule has 2 atom stereocenters. The van der Waals surface area contributed by atoms with Crippen LogP contribution in [0.3, 0.4) is 0 Å². The van der Waals surface area contributed by atoms with Crippen molar-refractivity contribution in [2.45, 2.75) is 25.6 Å². The molecule has 0 radical (unpaired) electrons. The summed E-state index contributed by atoms with van der Waals surface area (Å²) in [6, 6.07) is 9.38. The number of amides is 1. The van der Waals surface area contributed by atoms with Crippen LogP contribution in [-0.2, 0) is 16.1 Å². The molecule has 3 rings (SSSR count). The molecule has 0 spiro atoms. The van der Waals surface area contributed by atoms with E-state index in [-0.39, 0.29) is 30.5 Å². The Hall–Kier alpha value is -1.89. The highest BCUT2D eigenvalue weighted by Gasteiger charge is 2.28. The van der Waals surface area contributed by atoms with Crippen LogP contribution in [0.25, 0.3) is 11.3 Å². The highest BCUT2D eigenvalue weighted by Crippen LogP contribution is 2.22. The predicted molar refractivity (Wildman–Crippen MR) is 88.2 cm³/mol. The van der Waals surface area contributed by atoms with Crippen molar-refractivity contribution in [1.29, 1.82) is 0 Å². The van der Waals surface area contributed by atoms with Crippen LogP contribution in [0.2, 0.25) is 0 Å². The van der Waals surface area contributed by atoms with E-state index in [1.165, 1.54) is 6.39 Å². The lowest BCUT2D eigenvalue weighted by molar-refractivity contribution is -0.129. The van der Waals surface area contributed by atoms with Gasteiger partial charge in [-0.15, -0.1) is 12.4 Å². The third kappa shape index (κ3) is 4.10. The van der Waals surface area contributed by atoms with Gasteiger partial charge < -0.3 is 19.8 Å². The number of carbonyl (C=O) groups excluding carboxylic acids is 1. The number of oxazole rings is 1. The van der Waals surface area contributed by atoms with Crippen molar-refractivity contribution in [1.82, 2.24) is 15.6 Å². The number of halogens is 1. The highest BCUT2D eigenvalue weighted by molar-refractivity contribution is 5.85. The quantitative estimate of drug-likeness (QED) is 0.889. The number of rotatable bonds is 4. The van der Waals surface area contributed by atoms with Crippen molar-refractivity contribution in [3.8, 4) is 11.3 Å². The Bertz CT molecular complexity index is 633. The molecule has 2 aromatic rings. The largest absolute Gasteiger partial charge is 0.443 e. The molecule has 124 valence electrons. The maximum Gasteiger partial charge on any atom is 0.240 e. The lowest BCUT2D eigenvalue weighted by Crippen LogP contribution is -2.55. The number of nitrogens with one attached hydrogen (secondary N) is 2.